The number of rotatable bonds is 7. The van der Waals surface area contributed by atoms with Crippen LogP contribution in [-0.4, -0.2) is 45.1 Å². The van der Waals surface area contributed by atoms with E-state index in [4.69, 9.17) is 4.42 Å². The predicted molar refractivity (Wildman–Crippen MR) is 102 cm³/mol. The van der Waals surface area contributed by atoms with E-state index in [1.807, 2.05) is 36.9 Å². The van der Waals surface area contributed by atoms with Gasteiger partial charge in [0.15, 0.2) is 11.5 Å². The number of thioether (sulfide) groups is 1. The molecule has 1 amide bonds. The van der Waals surface area contributed by atoms with Crippen molar-refractivity contribution in [1.29, 1.82) is 0 Å². The maximum absolute atomic E-state index is 13.1. The Kier molecular flexibility index (Phi) is 6.24. The molecule has 6 heteroatoms. The van der Waals surface area contributed by atoms with Gasteiger partial charge in [-0.15, -0.1) is 0 Å². The number of amides is 1. The number of aromatic amines is 1. The zero-order valence-corrected chi connectivity index (χ0v) is 15.9. The van der Waals surface area contributed by atoms with Crippen LogP contribution in [0.1, 0.15) is 55.3 Å². The van der Waals surface area contributed by atoms with Crippen molar-refractivity contribution in [2.24, 2.45) is 0 Å². The fourth-order valence-electron chi connectivity index (χ4n) is 3.43. The monoisotopic (exact) mass is 361 g/mol. The van der Waals surface area contributed by atoms with Crippen molar-refractivity contribution in [3.63, 3.8) is 0 Å². The topological polar surface area (TPSA) is 62.1 Å². The fraction of sp³-hybridized carbons (Fsp3) is 0.579. The van der Waals surface area contributed by atoms with Crippen LogP contribution in [0, 0.1) is 6.92 Å². The van der Waals surface area contributed by atoms with Gasteiger partial charge >= 0.3 is 0 Å². The average Bonchev–Trinajstić information content (AvgIpc) is 3.28. The molecule has 0 unspecified atom stereocenters. The van der Waals surface area contributed by atoms with Gasteiger partial charge in [0, 0.05) is 24.4 Å². The van der Waals surface area contributed by atoms with E-state index < -0.39 is 0 Å². The molecule has 0 spiro atoms. The molecule has 1 aliphatic rings. The van der Waals surface area contributed by atoms with Gasteiger partial charge in [0.2, 0.25) is 0 Å². The van der Waals surface area contributed by atoms with Crippen molar-refractivity contribution in [2.45, 2.75) is 52.0 Å². The molecular formula is C19H27N3O2S. The van der Waals surface area contributed by atoms with Crippen molar-refractivity contribution >= 4 is 17.7 Å². The minimum absolute atomic E-state index is 0.0365. The lowest BCUT2D eigenvalue weighted by Gasteiger charge is -2.34. The van der Waals surface area contributed by atoms with E-state index in [0.717, 1.165) is 48.1 Å². The number of carbonyl (C=O) groups is 1. The Hall–Kier alpha value is -1.69. The Labute approximate surface area is 153 Å². The Morgan fingerprint density at radius 2 is 2.16 bits per heavy atom. The van der Waals surface area contributed by atoms with Gasteiger partial charge in [-0.05, 0) is 37.7 Å². The lowest BCUT2D eigenvalue weighted by Crippen LogP contribution is -2.43. The molecule has 0 saturated heterocycles. The number of aryl methyl sites for hydroxylation is 1. The smallest absolute Gasteiger partial charge is 0.274 e. The summed E-state index contributed by atoms with van der Waals surface area (Å²) in [5.74, 6) is 3.66. The van der Waals surface area contributed by atoms with Gasteiger partial charge in [0.25, 0.3) is 5.91 Å². The van der Waals surface area contributed by atoms with E-state index in [-0.39, 0.29) is 5.91 Å². The van der Waals surface area contributed by atoms with Gasteiger partial charge in [0.05, 0.1) is 0 Å². The quantitative estimate of drug-likeness (QED) is 0.737. The summed E-state index contributed by atoms with van der Waals surface area (Å²) in [6.07, 6.45) is 5.93. The van der Waals surface area contributed by atoms with E-state index in [1.165, 1.54) is 19.3 Å². The van der Waals surface area contributed by atoms with E-state index in [2.05, 4.69) is 22.0 Å². The summed E-state index contributed by atoms with van der Waals surface area (Å²) in [6.45, 7) is 4.86. The summed E-state index contributed by atoms with van der Waals surface area (Å²) in [5.41, 5.74) is 1.24. The summed E-state index contributed by atoms with van der Waals surface area (Å²) in [7, 11) is 0. The molecule has 2 aromatic heterocycles. The minimum Gasteiger partial charge on any atom is -0.460 e. The van der Waals surface area contributed by atoms with Gasteiger partial charge in [-0.2, -0.15) is 16.9 Å². The third-order valence-corrected chi connectivity index (χ3v) is 5.64. The Bertz CT molecular complexity index is 688. The highest BCUT2D eigenvalue weighted by Crippen LogP contribution is 2.26. The normalized spacial score (nSPS) is 15.4. The number of H-pyrrole nitrogens is 1. The van der Waals surface area contributed by atoms with Gasteiger partial charge in [0.1, 0.15) is 11.5 Å². The molecule has 1 aliphatic carbocycles. The lowest BCUT2D eigenvalue weighted by molar-refractivity contribution is 0.0644. The standard InChI is InChI=1S/C19H27N3O2S/c1-3-25-12-11-22(15-7-5-4-6-8-15)19(23)17-13-16(20-21-17)18-10-9-14(2)24-18/h9-10,13,15H,3-8,11-12H2,1-2H3,(H,20,21). The van der Waals surface area contributed by atoms with Crippen molar-refractivity contribution in [3.05, 3.63) is 29.7 Å². The van der Waals surface area contributed by atoms with Crippen molar-refractivity contribution < 1.29 is 9.21 Å². The second kappa shape index (κ2) is 8.61. The van der Waals surface area contributed by atoms with Crippen LogP contribution in [0.5, 0.6) is 0 Å². The molecule has 1 fully saturated rings. The largest absolute Gasteiger partial charge is 0.460 e. The van der Waals surface area contributed by atoms with Gasteiger partial charge < -0.3 is 9.32 Å². The molecule has 0 atom stereocenters. The predicted octanol–water partition coefficient (Wildman–Crippen LogP) is 4.51. The number of aromatic nitrogens is 2. The van der Waals surface area contributed by atoms with Crippen LogP contribution >= 0.6 is 11.8 Å². The Morgan fingerprint density at radius 1 is 1.36 bits per heavy atom. The van der Waals surface area contributed by atoms with Crippen LogP contribution in [0.25, 0.3) is 11.5 Å². The number of nitrogens with zero attached hydrogens (tertiary/aromatic N) is 2. The molecule has 5 nitrogen and oxygen atoms in total. The molecule has 0 radical (unpaired) electrons. The van der Waals surface area contributed by atoms with Crippen molar-refractivity contribution in [1.82, 2.24) is 15.1 Å². The molecule has 1 saturated carbocycles. The Morgan fingerprint density at radius 3 is 2.84 bits per heavy atom. The average molecular weight is 362 g/mol. The first-order valence-electron chi connectivity index (χ1n) is 9.20. The number of hydrogen-bond donors (Lipinski definition) is 1. The molecule has 0 aromatic carbocycles. The summed E-state index contributed by atoms with van der Waals surface area (Å²) in [5, 5.41) is 7.21. The number of furan rings is 1. The third kappa shape index (κ3) is 4.48. The van der Waals surface area contributed by atoms with E-state index in [1.54, 1.807) is 0 Å². The first kappa shape index (κ1) is 18.1. The second-order valence-electron chi connectivity index (χ2n) is 6.56. The van der Waals surface area contributed by atoms with Crippen LogP contribution < -0.4 is 0 Å². The van der Waals surface area contributed by atoms with Crippen LogP contribution in [0.3, 0.4) is 0 Å². The van der Waals surface area contributed by atoms with Crippen molar-refractivity contribution in [2.75, 3.05) is 18.1 Å². The zero-order valence-electron chi connectivity index (χ0n) is 15.1. The highest BCUT2D eigenvalue weighted by molar-refractivity contribution is 7.99. The molecule has 136 valence electrons. The molecule has 0 aliphatic heterocycles. The third-order valence-electron chi connectivity index (χ3n) is 4.76. The number of nitrogens with one attached hydrogen (secondary N) is 1. The lowest BCUT2D eigenvalue weighted by atomic mass is 9.94. The van der Waals surface area contributed by atoms with E-state index in [0.29, 0.717) is 11.7 Å². The second-order valence-corrected chi connectivity index (χ2v) is 7.96. The highest BCUT2D eigenvalue weighted by Gasteiger charge is 2.27. The molecule has 1 N–H and O–H groups in total. The highest BCUT2D eigenvalue weighted by atomic mass is 32.2. The summed E-state index contributed by atoms with van der Waals surface area (Å²) in [4.78, 5) is 15.1. The Balaban J connectivity index is 1.75. The molecule has 25 heavy (non-hydrogen) atoms. The molecule has 2 aromatic rings. The van der Waals surface area contributed by atoms with Crippen LogP contribution in [0.4, 0.5) is 0 Å². The summed E-state index contributed by atoms with van der Waals surface area (Å²) >= 11 is 1.88. The SMILES string of the molecule is CCSCCN(C(=O)c1cc(-c2ccc(C)o2)[nH]n1)C1CCCCC1. The number of carbonyl (C=O) groups excluding carboxylic acids is 1. The van der Waals surface area contributed by atoms with Crippen LogP contribution in [-0.2, 0) is 0 Å². The maximum Gasteiger partial charge on any atom is 0.274 e. The first-order chi connectivity index (χ1) is 12.2. The number of hydrogen-bond acceptors (Lipinski definition) is 4. The molecule has 3 rings (SSSR count). The van der Waals surface area contributed by atoms with Crippen molar-refractivity contribution in [3.8, 4) is 11.5 Å². The minimum atomic E-state index is 0.0365. The van der Waals surface area contributed by atoms with E-state index >= 15 is 0 Å². The summed E-state index contributed by atoms with van der Waals surface area (Å²) in [6, 6.07) is 5.97. The fourth-order valence-corrected chi connectivity index (χ4v) is 4.05. The van der Waals surface area contributed by atoms with Gasteiger partial charge in [-0.3, -0.25) is 9.89 Å². The first-order valence-corrected chi connectivity index (χ1v) is 10.4. The van der Waals surface area contributed by atoms with E-state index in [9.17, 15) is 4.79 Å². The van der Waals surface area contributed by atoms with Crippen LogP contribution in [0.2, 0.25) is 0 Å². The molecule has 0 bridgehead atoms. The zero-order chi connectivity index (χ0) is 17.6. The van der Waals surface area contributed by atoms with Gasteiger partial charge in [-0.25, -0.2) is 0 Å². The van der Waals surface area contributed by atoms with Crippen LogP contribution in [0.15, 0.2) is 22.6 Å². The molecule has 2 heterocycles. The molecular weight excluding hydrogens is 334 g/mol. The summed E-state index contributed by atoms with van der Waals surface area (Å²) < 4.78 is 5.62. The van der Waals surface area contributed by atoms with Gasteiger partial charge in [-0.1, -0.05) is 26.2 Å². The maximum atomic E-state index is 13.1.